The van der Waals surface area contributed by atoms with Crippen molar-refractivity contribution in [1.29, 1.82) is 0 Å². The van der Waals surface area contributed by atoms with Gasteiger partial charge in [-0.25, -0.2) is 14.6 Å². The van der Waals surface area contributed by atoms with E-state index in [1.54, 1.807) is 12.5 Å². The number of rotatable bonds is 5. The molecule has 1 N–H and O–H groups in total. The van der Waals surface area contributed by atoms with Gasteiger partial charge in [0.05, 0.1) is 12.0 Å². The number of H-pyrrole nitrogens is 1. The van der Waals surface area contributed by atoms with E-state index < -0.39 is 0 Å². The highest BCUT2D eigenvalue weighted by Gasteiger charge is 2.15. The van der Waals surface area contributed by atoms with E-state index in [4.69, 9.17) is 11.6 Å². The van der Waals surface area contributed by atoms with E-state index in [1.807, 2.05) is 27.6 Å². The van der Waals surface area contributed by atoms with E-state index in [-0.39, 0.29) is 6.04 Å². The van der Waals surface area contributed by atoms with Crippen LogP contribution in [0.15, 0.2) is 30.9 Å². The van der Waals surface area contributed by atoms with Gasteiger partial charge in [-0.2, -0.15) is 5.10 Å². The second-order valence-corrected chi connectivity index (χ2v) is 5.57. The van der Waals surface area contributed by atoms with Crippen molar-refractivity contribution in [1.82, 2.24) is 29.3 Å². The van der Waals surface area contributed by atoms with Crippen LogP contribution < -0.4 is 0 Å². The summed E-state index contributed by atoms with van der Waals surface area (Å²) in [7, 11) is 0. The molecule has 0 amide bonds. The van der Waals surface area contributed by atoms with Crippen molar-refractivity contribution < 1.29 is 0 Å². The lowest BCUT2D eigenvalue weighted by Gasteiger charge is -2.07. The number of nitrogens with one attached hydrogen (secondary N) is 1. The lowest BCUT2D eigenvalue weighted by atomic mass is 10.3. The first-order valence-electron chi connectivity index (χ1n) is 6.89. The summed E-state index contributed by atoms with van der Waals surface area (Å²) in [6.45, 7) is 4.98. The van der Waals surface area contributed by atoms with Crippen LogP contribution in [0.4, 0.5) is 0 Å². The standard InChI is InChI=1S/C14H17ClN6/c1-10(2)21-14(11-3-4-12(15)17-11)18-13(19-21)5-7-20-8-6-16-9-20/h3-4,6,8-10,17H,5,7H2,1-2H3. The van der Waals surface area contributed by atoms with Gasteiger partial charge in [-0.05, 0) is 26.0 Å². The number of aromatic nitrogens is 6. The molecule has 0 saturated carbocycles. The van der Waals surface area contributed by atoms with Gasteiger partial charge in [0.1, 0.15) is 5.15 Å². The quantitative estimate of drug-likeness (QED) is 0.788. The second kappa shape index (κ2) is 5.73. The molecule has 110 valence electrons. The minimum absolute atomic E-state index is 0.233. The maximum absolute atomic E-state index is 5.95. The number of imidazole rings is 1. The summed E-state index contributed by atoms with van der Waals surface area (Å²) in [6, 6.07) is 3.98. The monoisotopic (exact) mass is 304 g/mol. The number of hydrogen-bond donors (Lipinski definition) is 1. The normalized spacial score (nSPS) is 11.4. The lowest BCUT2D eigenvalue weighted by molar-refractivity contribution is 0.528. The van der Waals surface area contributed by atoms with Gasteiger partial charge in [0.2, 0.25) is 0 Å². The highest BCUT2D eigenvalue weighted by Crippen LogP contribution is 2.22. The van der Waals surface area contributed by atoms with Crippen molar-refractivity contribution in [2.45, 2.75) is 32.9 Å². The molecule has 0 spiro atoms. The third kappa shape index (κ3) is 3.00. The SMILES string of the molecule is CC(C)n1nc(CCn2ccnc2)nc1-c1ccc(Cl)[nH]1. The zero-order valence-corrected chi connectivity index (χ0v) is 12.7. The Kier molecular flexibility index (Phi) is 3.79. The summed E-state index contributed by atoms with van der Waals surface area (Å²) in [5, 5.41) is 5.20. The highest BCUT2D eigenvalue weighted by atomic mass is 35.5. The van der Waals surface area contributed by atoms with Crippen LogP contribution in [0.3, 0.4) is 0 Å². The molecule has 0 bridgehead atoms. The zero-order valence-electron chi connectivity index (χ0n) is 12.0. The predicted octanol–water partition coefficient (Wildman–Crippen LogP) is 2.95. The Morgan fingerprint density at radius 2 is 2.19 bits per heavy atom. The van der Waals surface area contributed by atoms with Crippen molar-refractivity contribution in [3.8, 4) is 11.5 Å². The zero-order chi connectivity index (χ0) is 14.8. The molecular weight excluding hydrogens is 288 g/mol. The van der Waals surface area contributed by atoms with Crippen LogP contribution in [-0.4, -0.2) is 29.3 Å². The van der Waals surface area contributed by atoms with Crippen molar-refractivity contribution in [2.24, 2.45) is 0 Å². The van der Waals surface area contributed by atoms with Gasteiger partial charge in [-0.15, -0.1) is 0 Å². The van der Waals surface area contributed by atoms with E-state index in [0.717, 1.165) is 30.3 Å². The maximum atomic E-state index is 5.95. The number of hydrogen-bond acceptors (Lipinski definition) is 3. The number of halogens is 1. The molecule has 6 nitrogen and oxygen atoms in total. The number of aromatic amines is 1. The van der Waals surface area contributed by atoms with Crippen LogP contribution in [0.1, 0.15) is 25.7 Å². The summed E-state index contributed by atoms with van der Waals surface area (Å²) < 4.78 is 3.94. The summed E-state index contributed by atoms with van der Waals surface area (Å²) >= 11 is 5.95. The fraction of sp³-hybridized carbons (Fsp3) is 0.357. The first-order valence-corrected chi connectivity index (χ1v) is 7.27. The minimum Gasteiger partial charge on any atom is -0.343 e. The van der Waals surface area contributed by atoms with Gasteiger partial charge in [0, 0.05) is 31.4 Å². The van der Waals surface area contributed by atoms with E-state index in [0.29, 0.717) is 5.15 Å². The van der Waals surface area contributed by atoms with Crippen LogP contribution in [0.2, 0.25) is 5.15 Å². The Morgan fingerprint density at radius 3 is 2.81 bits per heavy atom. The fourth-order valence-electron chi connectivity index (χ4n) is 2.16. The average molecular weight is 305 g/mol. The Balaban J connectivity index is 1.85. The van der Waals surface area contributed by atoms with Gasteiger partial charge >= 0.3 is 0 Å². The molecule has 21 heavy (non-hydrogen) atoms. The predicted molar refractivity (Wildman–Crippen MR) is 81.1 cm³/mol. The molecule has 0 atom stereocenters. The van der Waals surface area contributed by atoms with E-state index in [9.17, 15) is 0 Å². The summed E-state index contributed by atoms with van der Waals surface area (Å²) in [5.74, 6) is 1.63. The average Bonchev–Trinajstić information content (AvgIpc) is 3.16. The maximum Gasteiger partial charge on any atom is 0.175 e. The summed E-state index contributed by atoms with van der Waals surface area (Å²) in [4.78, 5) is 11.8. The number of nitrogens with zero attached hydrogens (tertiary/aromatic N) is 5. The van der Waals surface area contributed by atoms with Crippen LogP contribution in [0.5, 0.6) is 0 Å². The molecule has 0 aliphatic carbocycles. The number of aryl methyl sites for hydroxylation is 2. The molecule has 3 aromatic heterocycles. The van der Waals surface area contributed by atoms with Crippen LogP contribution in [0.25, 0.3) is 11.5 Å². The molecular formula is C14H17ClN6. The van der Waals surface area contributed by atoms with Crippen LogP contribution in [-0.2, 0) is 13.0 Å². The van der Waals surface area contributed by atoms with Crippen molar-refractivity contribution in [3.05, 3.63) is 41.8 Å². The van der Waals surface area contributed by atoms with Crippen LogP contribution >= 0.6 is 11.6 Å². The molecule has 3 aromatic rings. The largest absolute Gasteiger partial charge is 0.343 e. The topological polar surface area (TPSA) is 64.3 Å². The van der Waals surface area contributed by atoms with Gasteiger partial charge in [0.15, 0.2) is 11.6 Å². The van der Waals surface area contributed by atoms with Gasteiger partial charge in [-0.3, -0.25) is 0 Å². The molecule has 7 heteroatoms. The first kappa shape index (κ1) is 13.9. The summed E-state index contributed by atoms with van der Waals surface area (Å²) in [5.41, 5.74) is 0.884. The smallest absolute Gasteiger partial charge is 0.175 e. The van der Waals surface area contributed by atoms with Crippen molar-refractivity contribution in [2.75, 3.05) is 0 Å². The van der Waals surface area contributed by atoms with E-state index in [1.165, 1.54) is 0 Å². The Labute approximate surface area is 127 Å². The molecule has 0 unspecified atom stereocenters. The van der Waals surface area contributed by atoms with Gasteiger partial charge < -0.3 is 9.55 Å². The second-order valence-electron chi connectivity index (χ2n) is 5.16. The van der Waals surface area contributed by atoms with Gasteiger partial charge in [0.25, 0.3) is 0 Å². The molecule has 0 aliphatic rings. The van der Waals surface area contributed by atoms with Crippen molar-refractivity contribution >= 4 is 11.6 Å². The minimum atomic E-state index is 0.233. The van der Waals surface area contributed by atoms with Crippen molar-refractivity contribution in [3.63, 3.8) is 0 Å². The Bertz CT molecular complexity index is 710. The molecule has 3 rings (SSSR count). The molecule has 0 saturated heterocycles. The Hall–Kier alpha value is -2.08. The summed E-state index contributed by atoms with van der Waals surface area (Å²) in [6.07, 6.45) is 6.26. The molecule has 0 radical (unpaired) electrons. The van der Waals surface area contributed by atoms with E-state index in [2.05, 4.69) is 33.9 Å². The molecule has 0 aliphatic heterocycles. The third-order valence-electron chi connectivity index (χ3n) is 3.21. The van der Waals surface area contributed by atoms with E-state index >= 15 is 0 Å². The molecule has 3 heterocycles. The van der Waals surface area contributed by atoms with Gasteiger partial charge in [-0.1, -0.05) is 11.6 Å². The third-order valence-corrected chi connectivity index (χ3v) is 3.43. The molecule has 0 fully saturated rings. The highest BCUT2D eigenvalue weighted by molar-refractivity contribution is 6.29. The first-order chi connectivity index (χ1) is 10.1. The molecule has 0 aromatic carbocycles. The fourth-order valence-corrected chi connectivity index (χ4v) is 2.33. The lowest BCUT2D eigenvalue weighted by Crippen LogP contribution is -2.06. The Morgan fingerprint density at radius 1 is 1.33 bits per heavy atom. The van der Waals surface area contributed by atoms with Crippen LogP contribution in [0, 0.1) is 0 Å².